The molecule has 0 spiro atoms. The third-order valence-corrected chi connectivity index (χ3v) is 5.95. The molecule has 1 fully saturated rings. The number of para-hydroxylation sites is 2. The van der Waals surface area contributed by atoms with E-state index in [1.807, 2.05) is 18.2 Å². The van der Waals surface area contributed by atoms with E-state index < -0.39 is 0 Å². The van der Waals surface area contributed by atoms with Crippen LogP contribution in [0.5, 0.6) is 5.75 Å². The number of thiazole rings is 1. The van der Waals surface area contributed by atoms with Gasteiger partial charge in [-0.25, -0.2) is 4.98 Å². The maximum Gasteiger partial charge on any atom is 0.194 e. The Hall–Kier alpha value is -2.28. The van der Waals surface area contributed by atoms with Crippen molar-refractivity contribution in [2.24, 2.45) is 4.99 Å². The molecule has 0 amide bonds. The summed E-state index contributed by atoms with van der Waals surface area (Å²) in [5, 5.41) is 16.8. The first kappa shape index (κ1) is 21.4. The van der Waals surface area contributed by atoms with Crippen molar-refractivity contribution in [1.82, 2.24) is 15.2 Å². The molecule has 1 aliphatic heterocycles. The molecule has 2 aromatic rings. The molecule has 0 radical (unpaired) electrons. The second kappa shape index (κ2) is 9.48. The molecule has 2 N–H and O–H groups in total. The molecule has 1 aliphatic rings. The minimum atomic E-state index is 0.0970. The van der Waals surface area contributed by atoms with Gasteiger partial charge in [-0.2, -0.15) is 0 Å². The number of phenolic OH excluding ortho intramolecular Hbond substituents is 1. The summed E-state index contributed by atoms with van der Waals surface area (Å²) in [5.74, 6) is 1.32. The Morgan fingerprint density at radius 1 is 1.21 bits per heavy atom. The van der Waals surface area contributed by atoms with Gasteiger partial charge in [0, 0.05) is 56.5 Å². The number of guanidine groups is 1. The standard InChI is InChI=1S/C22H33N5OS/c1-5-23-21(24-11-10-20-25-19(16-29-20)22(2,3)4)27-14-12-26(13-15-27)17-8-6-7-9-18(17)28/h6-9,16,28H,5,10-15H2,1-4H3,(H,23,24). The molecule has 0 unspecified atom stereocenters. The number of aliphatic imine (C=N–C) groups is 1. The van der Waals surface area contributed by atoms with Crippen LogP contribution in [0.25, 0.3) is 0 Å². The van der Waals surface area contributed by atoms with Gasteiger partial charge in [0.25, 0.3) is 0 Å². The van der Waals surface area contributed by atoms with Crippen LogP contribution in [0.4, 0.5) is 5.69 Å². The Kier molecular flexibility index (Phi) is 7.00. The third kappa shape index (κ3) is 5.63. The molecule has 7 heteroatoms. The SMILES string of the molecule is CCNC(=NCCc1nc(C(C)(C)C)cs1)N1CCN(c2ccccc2O)CC1. The van der Waals surface area contributed by atoms with Crippen LogP contribution in [0, 0.1) is 0 Å². The first-order chi connectivity index (χ1) is 13.9. The number of hydrogen-bond donors (Lipinski definition) is 2. The molecule has 1 aromatic heterocycles. The van der Waals surface area contributed by atoms with Crippen LogP contribution in [0.15, 0.2) is 34.6 Å². The number of hydrogen-bond acceptors (Lipinski definition) is 5. The molecule has 2 heterocycles. The number of nitrogens with one attached hydrogen (secondary N) is 1. The molecule has 6 nitrogen and oxygen atoms in total. The molecule has 3 rings (SSSR count). The van der Waals surface area contributed by atoms with Crippen LogP contribution in [-0.2, 0) is 11.8 Å². The van der Waals surface area contributed by atoms with Crippen molar-refractivity contribution < 1.29 is 5.11 Å². The average molecular weight is 416 g/mol. The average Bonchev–Trinajstić information content (AvgIpc) is 3.17. The molecule has 0 atom stereocenters. The quantitative estimate of drug-likeness (QED) is 0.578. The lowest BCUT2D eigenvalue weighted by molar-refractivity contribution is 0.370. The van der Waals surface area contributed by atoms with Crippen molar-refractivity contribution in [2.45, 2.75) is 39.5 Å². The minimum Gasteiger partial charge on any atom is -0.506 e. The molecular formula is C22H33N5OS. The van der Waals surface area contributed by atoms with Gasteiger partial charge < -0.3 is 20.2 Å². The summed E-state index contributed by atoms with van der Waals surface area (Å²) < 4.78 is 0. The maximum atomic E-state index is 10.1. The highest BCUT2D eigenvalue weighted by molar-refractivity contribution is 7.09. The van der Waals surface area contributed by atoms with Crippen LogP contribution < -0.4 is 10.2 Å². The predicted molar refractivity (Wildman–Crippen MR) is 122 cm³/mol. The second-order valence-corrected chi connectivity index (χ2v) is 9.27. The molecule has 0 aliphatic carbocycles. The maximum absolute atomic E-state index is 10.1. The van der Waals surface area contributed by atoms with Crippen LogP contribution in [0.2, 0.25) is 0 Å². The van der Waals surface area contributed by atoms with Crippen molar-refractivity contribution in [1.29, 1.82) is 0 Å². The fraction of sp³-hybridized carbons (Fsp3) is 0.545. The highest BCUT2D eigenvalue weighted by atomic mass is 32.1. The van der Waals surface area contributed by atoms with Crippen LogP contribution in [0.3, 0.4) is 0 Å². The van der Waals surface area contributed by atoms with Crippen LogP contribution in [-0.4, -0.2) is 60.2 Å². The van der Waals surface area contributed by atoms with Gasteiger partial charge in [0.05, 0.1) is 16.4 Å². The second-order valence-electron chi connectivity index (χ2n) is 8.32. The molecule has 1 aromatic carbocycles. The first-order valence-electron chi connectivity index (χ1n) is 10.4. The van der Waals surface area contributed by atoms with E-state index in [9.17, 15) is 5.11 Å². The number of benzene rings is 1. The van der Waals surface area contributed by atoms with E-state index in [0.717, 1.165) is 68.0 Å². The molecule has 0 bridgehead atoms. The Labute approximate surface area is 178 Å². The van der Waals surface area contributed by atoms with Crippen LogP contribution >= 0.6 is 11.3 Å². The summed E-state index contributed by atoms with van der Waals surface area (Å²) in [7, 11) is 0. The van der Waals surface area contributed by atoms with Gasteiger partial charge in [0.15, 0.2) is 5.96 Å². The van der Waals surface area contributed by atoms with Crippen LogP contribution in [0.1, 0.15) is 38.4 Å². The summed E-state index contributed by atoms with van der Waals surface area (Å²) in [6.45, 7) is 13.8. The number of aromatic nitrogens is 1. The number of piperazine rings is 1. The lowest BCUT2D eigenvalue weighted by Gasteiger charge is -2.37. The van der Waals surface area contributed by atoms with E-state index in [1.54, 1.807) is 17.4 Å². The fourth-order valence-electron chi connectivity index (χ4n) is 3.34. The van der Waals surface area contributed by atoms with E-state index in [1.165, 1.54) is 0 Å². The Morgan fingerprint density at radius 2 is 1.93 bits per heavy atom. The summed E-state index contributed by atoms with van der Waals surface area (Å²) in [6.07, 6.45) is 0.869. The minimum absolute atomic E-state index is 0.0970. The lowest BCUT2D eigenvalue weighted by atomic mass is 9.93. The number of phenols is 1. The highest BCUT2D eigenvalue weighted by Crippen LogP contribution is 2.27. The van der Waals surface area contributed by atoms with Gasteiger partial charge in [-0.1, -0.05) is 32.9 Å². The van der Waals surface area contributed by atoms with E-state index in [2.05, 4.69) is 48.2 Å². The predicted octanol–water partition coefficient (Wildman–Crippen LogP) is 3.48. The van der Waals surface area contributed by atoms with Crippen molar-refractivity contribution in [3.8, 4) is 5.75 Å². The number of aromatic hydroxyl groups is 1. The monoisotopic (exact) mass is 415 g/mol. The van der Waals surface area contributed by atoms with Crippen molar-refractivity contribution in [3.05, 3.63) is 40.3 Å². The number of nitrogens with zero attached hydrogens (tertiary/aromatic N) is 4. The highest BCUT2D eigenvalue weighted by Gasteiger charge is 2.21. The summed E-state index contributed by atoms with van der Waals surface area (Å²) in [6, 6.07) is 7.55. The Balaban J connectivity index is 1.57. The lowest BCUT2D eigenvalue weighted by Crippen LogP contribution is -2.52. The largest absolute Gasteiger partial charge is 0.506 e. The Bertz CT molecular complexity index is 819. The smallest absolute Gasteiger partial charge is 0.194 e. The first-order valence-corrected chi connectivity index (χ1v) is 11.3. The third-order valence-electron chi connectivity index (χ3n) is 5.04. The molecule has 1 saturated heterocycles. The van der Waals surface area contributed by atoms with E-state index in [4.69, 9.17) is 9.98 Å². The summed E-state index contributed by atoms with van der Waals surface area (Å²) >= 11 is 1.73. The van der Waals surface area contributed by atoms with Crippen molar-refractivity contribution in [3.63, 3.8) is 0 Å². The van der Waals surface area contributed by atoms with Gasteiger partial charge in [-0.3, -0.25) is 4.99 Å². The zero-order chi connectivity index (χ0) is 20.9. The van der Waals surface area contributed by atoms with Gasteiger partial charge in [-0.15, -0.1) is 11.3 Å². The van der Waals surface area contributed by atoms with Crippen molar-refractivity contribution in [2.75, 3.05) is 44.2 Å². The van der Waals surface area contributed by atoms with Gasteiger partial charge in [0.2, 0.25) is 0 Å². The molecule has 158 valence electrons. The topological polar surface area (TPSA) is 64.0 Å². The van der Waals surface area contributed by atoms with E-state index >= 15 is 0 Å². The fourth-order valence-corrected chi connectivity index (χ4v) is 4.36. The zero-order valence-electron chi connectivity index (χ0n) is 18.0. The van der Waals surface area contributed by atoms with E-state index in [-0.39, 0.29) is 5.41 Å². The van der Waals surface area contributed by atoms with Gasteiger partial charge >= 0.3 is 0 Å². The number of anilines is 1. The van der Waals surface area contributed by atoms with Gasteiger partial charge in [0.1, 0.15) is 5.75 Å². The molecule has 0 saturated carbocycles. The van der Waals surface area contributed by atoms with Gasteiger partial charge in [-0.05, 0) is 19.1 Å². The zero-order valence-corrected chi connectivity index (χ0v) is 18.8. The van der Waals surface area contributed by atoms with E-state index in [0.29, 0.717) is 5.75 Å². The van der Waals surface area contributed by atoms with Crippen molar-refractivity contribution >= 4 is 23.0 Å². The summed E-state index contributed by atoms with van der Waals surface area (Å²) in [5.41, 5.74) is 2.17. The normalized spacial score (nSPS) is 15.7. The number of rotatable bonds is 5. The summed E-state index contributed by atoms with van der Waals surface area (Å²) in [4.78, 5) is 14.2. The Morgan fingerprint density at radius 3 is 2.55 bits per heavy atom. The molecular weight excluding hydrogens is 382 g/mol. The molecule has 29 heavy (non-hydrogen) atoms.